The smallest absolute Gasteiger partial charge is 0.328 e. The summed E-state index contributed by atoms with van der Waals surface area (Å²) in [5.41, 5.74) is 0.783. The molecule has 0 heterocycles. The maximum atomic E-state index is 10.4. The zero-order chi connectivity index (χ0) is 12.8. The molecule has 0 saturated carbocycles. The molecule has 0 bridgehead atoms. The molecule has 98 valence electrons. The molecule has 0 fully saturated rings. The summed E-state index contributed by atoms with van der Waals surface area (Å²) < 4.78 is 5.64. The van der Waals surface area contributed by atoms with E-state index in [1.54, 1.807) is 6.07 Å². The fraction of sp³-hybridized carbons (Fsp3) is 0. The maximum absolute atomic E-state index is 10.4. The highest BCUT2D eigenvalue weighted by molar-refractivity contribution is 5.85. The number of carboxylic acid groups (broad SMARTS) is 1. The molecule has 3 nitrogen and oxygen atoms in total. The molecule has 0 aliphatic rings. The minimum absolute atomic E-state index is 0. The molecule has 4 heteroatoms. The highest BCUT2D eigenvalue weighted by Crippen LogP contribution is 2.22. The Balaban J connectivity index is 0.00000180. The Bertz CT molecular complexity index is 565. The van der Waals surface area contributed by atoms with Crippen LogP contribution in [0.15, 0.2) is 60.7 Å². The van der Waals surface area contributed by atoms with E-state index in [0.717, 1.165) is 17.4 Å². The van der Waals surface area contributed by atoms with Gasteiger partial charge in [-0.3, -0.25) is 0 Å². The normalized spacial score (nSPS) is 9.89. The Hall–Kier alpha value is -2.26. The molecular weight excluding hydrogens is 264 g/mol. The molecule has 0 spiro atoms. The van der Waals surface area contributed by atoms with Gasteiger partial charge in [-0.2, -0.15) is 0 Å². The van der Waals surface area contributed by atoms with E-state index in [2.05, 4.69) is 0 Å². The standard InChI is InChI=1S/C15H12O3.ClH/c16-15(17)10-9-12-5-4-8-14(11-12)18-13-6-2-1-3-7-13;/h1-11H,(H,16,17);1H. The van der Waals surface area contributed by atoms with Crippen LogP contribution in [0.25, 0.3) is 6.08 Å². The number of para-hydroxylation sites is 1. The largest absolute Gasteiger partial charge is 0.478 e. The fourth-order valence-corrected chi connectivity index (χ4v) is 1.47. The lowest BCUT2D eigenvalue weighted by Gasteiger charge is -2.05. The van der Waals surface area contributed by atoms with Gasteiger partial charge in [-0.25, -0.2) is 4.79 Å². The molecule has 0 atom stereocenters. The minimum atomic E-state index is -0.968. The van der Waals surface area contributed by atoms with Gasteiger partial charge in [0.05, 0.1) is 0 Å². The Morgan fingerprint density at radius 2 is 1.68 bits per heavy atom. The molecule has 0 radical (unpaired) electrons. The van der Waals surface area contributed by atoms with Crippen molar-refractivity contribution in [3.63, 3.8) is 0 Å². The summed E-state index contributed by atoms with van der Waals surface area (Å²) >= 11 is 0. The third-order valence-electron chi connectivity index (χ3n) is 2.26. The predicted octanol–water partition coefficient (Wildman–Crippen LogP) is 4.00. The molecule has 19 heavy (non-hydrogen) atoms. The van der Waals surface area contributed by atoms with E-state index in [9.17, 15) is 4.79 Å². The van der Waals surface area contributed by atoms with E-state index in [4.69, 9.17) is 9.84 Å². The number of rotatable bonds is 4. The lowest BCUT2D eigenvalue weighted by atomic mass is 10.2. The van der Waals surface area contributed by atoms with Gasteiger partial charge in [-0.1, -0.05) is 30.3 Å². The molecule has 2 aromatic rings. The highest BCUT2D eigenvalue weighted by atomic mass is 35.5. The molecular formula is C15H13ClO3. The van der Waals surface area contributed by atoms with Gasteiger partial charge in [0.2, 0.25) is 0 Å². The summed E-state index contributed by atoms with van der Waals surface area (Å²) in [6, 6.07) is 16.7. The number of aliphatic carboxylic acids is 1. The summed E-state index contributed by atoms with van der Waals surface area (Å²) in [6.07, 6.45) is 2.63. The molecule has 0 aliphatic carbocycles. The summed E-state index contributed by atoms with van der Waals surface area (Å²) in [6.45, 7) is 0. The maximum Gasteiger partial charge on any atom is 0.328 e. The van der Waals surface area contributed by atoms with Crippen molar-refractivity contribution in [2.45, 2.75) is 0 Å². The van der Waals surface area contributed by atoms with Crippen molar-refractivity contribution in [2.75, 3.05) is 0 Å². The van der Waals surface area contributed by atoms with Gasteiger partial charge in [0.15, 0.2) is 0 Å². The summed E-state index contributed by atoms with van der Waals surface area (Å²) in [4.78, 5) is 10.4. The predicted molar refractivity (Wildman–Crippen MR) is 76.9 cm³/mol. The second-order valence-electron chi connectivity index (χ2n) is 3.66. The molecule has 0 saturated heterocycles. The van der Waals surface area contributed by atoms with Crippen molar-refractivity contribution in [1.82, 2.24) is 0 Å². The number of halogens is 1. The van der Waals surface area contributed by atoms with E-state index in [-0.39, 0.29) is 12.4 Å². The van der Waals surface area contributed by atoms with Crippen LogP contribution in [0.1, 0.15) is 5.56 Å². The van der Waals surface area contributed by atoms with Crippen LogP contribution in [0, 0.1) is 0 Å². The topological polar surface area (TPSA) is 46.5 Å². The number of benzene rings is 2. The molecule has 0 amide bonds. The average molecular weight is 277 g/mol. The van der Waals surface area contributed by atoms with Crippen molar-refractivity contribution in [3.8, 4) is 11.5 Å². The van der Waals surface area contributed by atoms with Crippen LogP contribution in [-0.2, 0) is 4.79 Å². The first-order valence-corrected chi connectivity index (χ1v) is 5.48. The first kappa shape index (κ1) is 14.8. The van der Waals surface area contributed by atoms with E-state index in [1.807, 2.05) is 48.5 Å². The molecule has 1 N–H and O–H groups in total. The number of carbonyl (C=O) groups is 1. The van der Waals surface area contributed by atoms with Gasteiger partial charge >= 0.3 is 5.97 Å². The van der Waals surface area contributed by atoms with E-state index in [0.29, 0.717) is 5.75 Å². The lowest BCUT2D eigenvalue weighted by molar-refractivity contribution is -0.131. The Kier molecular flexibility index (Phi) is 5.64. The van der Waals surface area contributed by atoms with Crippen LogP contribution in [0.5, 0.6) is 11.5 Å². The monoisotopic (exact) mass is 276 g/mol. The molecule has 0 aromatic heterocycles. The number of hydrogen-bond donors (Lipinski definition) is 1. The van der Waals surface area contributed by atoms with Crippen molar-refractivity contribution in [3.05, 3.63) is 66.2 Å². The average Bonchev–Trinajstić information content (AvgIpc) is 2.38. The van der Waals surface area contributed by atoms with Crippen LogP contribution < -0.4 is 4.74 Å². The zero-order valence-electron chi connectivity index (χ0n) is 10.0. The minimum Gasteiger partial charge on any atom is -0.478 e. The van der Waals surface area contributed by atoms with Crippen molar-refractivity contribution < 1.29 is 14.6 Å². The number of hydrogen-bond acceptors (Lipinski definition) is 2. The second-order valence-corrected chi connectivity index (χ2v) is 3.66. The first-order valence-electron chi connectivity index (χ1n) is 5.48. The first-order chi connectivity index (χ1) is 8.74. The van der Waals surface area contributed by atoms with Crippen LogP contribution in [0.3, 0.4) is 0 Å². The van der Waals surface area contributed by atoms with Crippen LogP contribution in [-0.4, -0.2) is 11.1 Å². The van der Waals surface area contributed by atoms with E-state index >= 15 is 0 Å². The van der Waals surface area contributed by atoms with E-state index in [1.165, 1.54) is 6.08 Å². The molecule has 0 aliphatic heterocycles. The van der Waals surface area contributed by atoms with Crippen molar-refractivity contribution in [1.29, 1.82) is 0 Å². The van der Waals surface area contributed by atoms with Gasteiger partial charge in [0.1, 0.15) is 11.5 Å². The Morgan fingerprint density at radius 3 is 2.37 bits per heavy atom. The van der Waals surface area contributed by atoms with Gasteiger partial charge in [-0.05, 0) is 35.9 Å². The van der Waals surface area contributed by atoms with E-state index < -0.39 is 5.97 Å². The molecule has 2 rings (SSSR count). The molecule has 0 unspecified atom stereocenters. The summed E-state index contributed by atoms with van der Waals surface area (Å²) in [7, 11) is 0. The van der Waals surface area contributed by atoms with Gasteiger partial charge < -0.3 is 9.84 Å². The fourth-order valence-electron chi connectivity index (χ4n) is 1.47. The number of ether oxygens (including phenoxy) is 1. The summed E-state index contributed by atoms with van der Waals surface area (Å²) in [5.74, 6) is 0.454. The second kappa shape index (κ2) is 7.24. The highest BCUT2D eigenvalue weighted by Gasteiger charge is 1.97. The number of carboxylic acids is 1. The quantitative estimate of drug-likeness (QED) is 0.859. The molecule has 2 aromatic carbocycles. The van der Waals surface area contributed by atoms with Crippen molar-refractivity contribution in [2.24, 2.45) is 0 Å². The summed E-state index contributed by atoms with van der Waals surface area (Å²) in [5, 5.41) is 8.56. The van der Waals surface area contributed by atoms with Gasteiger partial charge in [0.25, 0.3) is 0 Å². The SMILES string of the molecule is Cl.O=C(O)C=Cc1cccc(Oc2ccccc2)c1. The van der Waals surface area contributed by atoms with Crippen molar-refractivity contribution >= 4 is 24.5 Å². The Labute approximate surface area is 117 Å². The third-order valence-corrected chi connectivity index (χ3v) is 2.26. The van der Waals surface area contributed by atoms with Gasteiger partial charge in [-0.15, -0.1) is 12.4 Å². The lowest BCUT2D eigenvalue weighted by Crippen LogP contribution is -1.87. The zero-order valence-corrected chi connectivity index (χ0v) is 10.8. The Morgan fingerprint density at radius 1 is 1.00 bits per heavy atom. The van der Waals surface area contributed by atoms with Crippen LogP contribution in [0.2, 0.25) is 0 Å². The van der Waals surface area contributed by atoms with Crippen LogP contribution in [0.4, 0.5) is 0 Å². The van der Waals surface area contributed by atoms with Gasteiger partial charge in [0, 0.05) is 6.08 Å². The third kappa shape index (κ3) is 4.85. The van der Waals surface area contributed by atoms with Crippen LogP contribution >= 0.6 is 12.4 Å².